The third-order valence-electron chi connectivity index (χ3n) is 6.61. The van der Waals surface area contributed by atoms with E-state index in [4.69, 9.17) is 0 Å². The van der Waals surface area contributed by atoms with E-state index in [9.17, 15) is 0 Å². The van der Waals surface area contributed by atoms with Crippen LogP contribution in [0.15, 0.2) is 84.9 Å². The van der Waals surface area contributed by atoms with Crippen molar-refractivity contribution in [2.75, 3.05) is 0 Å². The van der Waals surface area contributed by atoms with E-state index in [2.05, 4.69) is 110 Å². The van der Waals surface area contributed by atoms with Crippen molar-refractivity contribution in [1.82, 2.24) is 4.57 Å². The molecule has 4 aromatic carbocycles. The first kappa shape index (κ1) is 16.6. The summed E-state index contributed by atoms with van der Waals surface area (Å²) in [6, 6.07) is 31.2. The summed E-state index contributed by atoms with van der Waals surface area (Å²) in [7, 11) is 0. The molecule has 0 bridgehead atoms. The van der Waals surface area contributed by atoms with Crippen LogP contribution in [0.4, 0.5) is 0 Å². The number of rotatable bonds is 1. The molecule has 0 unspecified atom stereocenters. The smallest absolute Gasteiger partial charge is 0.0588 e. The van der Waals surface area contributed by atoms with Crippen LogP contribution in [0.2, 0.25) is 0 Å². The van der Waals surface area contributed by atoms with Crippen molar-refractivity contribution in [3.63, 3.8) is 0 Å². The second-order valence-electron chi connectivity index (χ2n) is 8.75. The Morgan fingerprint density at radius 1 is 0.690 bits per heavy atom. The van der Waals surface area contributed by atoms with Crippen LogP contribution in [0, 0.1) is 6.92 Å². The highest BCUT2D eigenvalue weighted by atomic mass is 15.0. The van der Waals surface area contributed by atoms with E-state index in [-0.39, 0.29) is 5.41 Å². The molecule has 6 rings (SSSR count). The Bertz CT molecular complexity index is 1430. The zero-order chi connectivity index (χ0) is 19.8. The highest BCUT2D eigenvalue weighted by Gasteiger charge is 2.38. The molecule has 5 aromatic rings. The lowest BCUT2D eigenvalue weighted by atomic mass is 9.81. The Balaban J connectivity index is 1.85. The van der Waals surface area contributed by atoms with Crippen molar-refractivity contribution in [3.05, 3.63) is 102 Å². The third kappa shape index (κ3) is 2.10. The lowest BCUT2D eigenvalue weighted by Gasteiger charge is -2.23. The lowest BCUT2D eigenvalue weighted by Crippen LogP contribution is -2.16. The predicted molar refractivity (Wildman–Crippen MR) is 123 cm³/mol. The minimum Gasteiger partial charge on any atom is -0.309 e. The van der Waals surface area contributed by atoms with Crippen molar-refractivity contribution >= 4 is 21.8 Å². The fraction of sp³-hybridized carbons (Fsp3) is 0.143. The Labute approximate surface area is 171 Å². The van der Waals surface area contributed by atoms with E-state index >= 15 is 0 Å². The number of hydrogen-bond donors (Lipinski definition) is 0. The Morgan fingerprint density at radius 2 is 1.48 bits per heavy atom. The molecule has 0 saturated heterocycles. The standard InChI is InChI=1S/C28H23N/c1-18-9-8-10-19(17-18)29-25-14-7-5-12-21(25)23-16-15-22-20-11-4-6-13-24(20)28(2,3)26(22)27(23)29/h4-17H,1-3H3. The van der Waals surface area contributed by atoms with E-state index in [1.807, 2.05) is 0 Å². The first-order valence-electron chi connectivity index (χ1n) is 10.3. The first-order valence-corrected chi connectivity index (χ1v) is 10.3. The van der Waals surface area contributed by atoms with Crippen LogP contribution in [-0.2, 0) is 5.41 Å². The van der Waals surface area contributed by atoms with Gasteiger partial charge in [-0.3, -0.25) is 0 Å². The molecule has 29 heavy (non-hydrogen) atoms. The summed E-state index contributed by atoms with van der Waals surface area (Å²) in [5.41, 5.74) is 10.7. The van der Waals surface area contributed by atoms with Gasteiger partial charge in [0.05, 0.1) is 11.0 Å². The van der Waals surface area contributed by atoms with E-state index in [1.54, 1.807) is 0 Å². The van der Waals surface area contributed by atoms with Gasteiger partial charge in [-0.2, -0.15) is 0 Å². The highest BCUT2D eigenvalue weighted by Crippen LogP contribution is 2.52. The van der Waals surface area contributed by atoms with Gasteiger partial charge >= 0.3 is 0 Å². The summed E-state index contributed by atoms with van der Waals surface area (Å²) >= 11 is 0. The fourth-order valence-corrected chi connectivity index (χ4v) is 5.35. The monoisotopic (exact) mass is 373 g/mol. The number of fused-ring (bicyclic) bond motifs is 7. The average Bonchev–Trinajstić information content (AvgIpc) is 3.18. The molecule has 1 aliphatic rings. The maximum atomic E-state index is 2.48. The van der Waals surface area contributed by atoms with Crippen molar-refractivity contribution in [3.8, 4) is 16.8 Å². The second-order valence-corrected chi connectivity index (χ2v) is 8.75. The molecule has 1 aliphatic carbocycles. The van der Waals surface area contributed by atoms with Gasteiger partial charge in [-0.1, -0.05) is 80.6 Å². The molecule has 1 nitrogen and oxygen atoms in total. The molecule has 0 spiro atoms. The molecule has 0 fully saturated rings. The molecule has 0 radical (unpaired) electrons. The largest absolute Gasteiger partial charge is 0.309 e. The Kier molecular flexibility index (Phi) is 3.21. The molecule has 0 aliphatic heterocycles. The van der Waals surface area contributed by atoms with Crippen LogP contribution < -0.4 is 0 Å². The lowest BCUT2D eigenvalue weighted by molar-refractivity contribution is 0.664. The SMILES string of the molecule is Cc1cccc(-n2c3ccccc3c3ccc4c(c32)C(C)(C)c2ccccc2-4)c1. The van der Waals surface area contributed by atoms with E-state index in [0.717, 1.165) is 0 Å². The minimum absolute atomic E-state index is 0.0403. The molecule has 0 atom stereocenters. The fourth-order valence-electron chi connectivity index (χ4n) is 5.35. The van der Waals surface area contributed by atoms with Gasteiger partial charge in [0.25, 0.3) is 0 Å². The molecule has 0 saturated carbocycles. The summed E-state index contributed by atoms with van der Waals surface area (Å²) in [5, 5.41) is 2.65. The van der Waals surface area contributed by atoms with Crippen LogP contribution in [0.5, 0.6) is 0 Å². The normalized spacial score (nSPS) is 14.3. The zero-order valence-electron chi connectivity index (χ0n) is 17.0. The quantitative estimate of drug-likeness (QED) is 0.288. The van der Waals surface area contributed by atoms with Crippen molar-refractivity contribution < 1.29 is 0 Å². The van der Waals surface area contributed by atoms with Crippen molar-refractivity contribution in [1.29, 1.82) is 0 Å². The van der Waals surface area contributed by atoms with Gasteiger partial charge in [-0.15, -0.1) is 0 Å². The van der Waals surface area contributed by atoms with Crippen molar-refractivity contribution in [2.24, 2.45) is 0 Å². The summed E-state index contributed by atoms with van der Waals surface area (Å²) < 4.78 is 2.48. The minimum atomic E-state index is -0.0403. The zero-order valence-corrected chi connectivity index (χ0v) is 17.0. The van der Waals surface area contributed by atoms with Gasteiger partial charge in [0.1, 0.15) is 0 Å². The number of benzene rings is 4. The molecule has 140 valence electrons. The maximum Gasteiger partial charge on any atom is 0.0588 e. The molecule has 0 N–H and O–H groups in total. The number of aromatic nitrogens is 1. The molecular weight excluding hydrogens is 350 g/mol. The van der Waals surface area contributed by atoms with Gasteiger partial charge in [-0.25, -0.2) is 0 Å². The summed E-state index contributed by atoms with van der Waals surface area (Å²) in [6.45, 7) is 6.91. The van der Waals surface area contributed by atoms with Crippen LogP contribution in [-0.4, -0.2) is 4.57 Å². The third-order valence-corrected chi connectivity index (χ3v) is 6.61. The predicted octanol–water partition coefficient (Wildman–Crippen LogP) is 7.40. The first-order chi connectivity index (χ1) is 14.1. The number of para-hydroxylation sites is 1. The van der Waals surface area contributed by atoms with Crippen LogP contribution in [0.25, 0.3) is 38.6 Å². The highest BCUT2D eigenvalue weighted by molar-refractivity contribution is 6.13. The maximum absolute atomic E-state index is 2.48. The molecular formula is C28H23N. The molecule has 1 aromatic heterocycles. The van der Waals surface area contributed by atoms with Gasteiger partial charge in [0.2, 0.25) is 0 Å². The second kappa shape index (κ2) is 5.61. The number of hydrogen-bond acceptors (Lipinski definition) is 0. The summed E-state index contributed by atoms with van der Waals surface area (Å²) in [4.78, 5) is 0. The van der Waals surface area contributed by atoms with Crippen LogP contribution in [0.1, 0.15) is 30.5 Å². The van der Waals surface area contributed by atoms with E-state index in [0.29, 0.717) is 0 Å². The van der Waals surface area contributed by atoms with Crippen LogP contribution >= 0.6 is 0 Å². The van der Waals surface area contributed by atoms with Gasteiger partial charge in [0, 0.05) is 21.9 Å². The molecule has 0 amide bonds. The van der Waals surface area contributed by atoms with Gasteiger partial charge < -0.3 is 4.57 Å². The molecule has 1 heteroatoms. The van der Waals surface area contributed by atoms with Gasteiger partial charge in [0.15, 0.2) is 0 Å². The average molecular weight is 373 g/mol. The summed E-state index contributed by atoms with van der Waals surface area (Å²) in [5.74, 6) is 0. The van der Waals surface area contributed by atoms with Crippen LogP contribution in [0.3, 0.4) is 0 Å². The van der Waals surface area contributed by atoms with Gasteiger partial charge in [-0.05, 0) is 52.9 Å². The number of aryl methyl sites for hydroxylation is 1. The summed E-state index contributed by atoms with van der Waals surface area (Å²) in [6.07, 6.45) is 0. The Morgan fingerprint density at radius 3 is 2.34 bits per heavy atom. The van der Waals surface area contributed by atoms with E-state index in [1.165, 1.54) is 55.3 Å². The van der Waals surface area contributed by atoms with Crippen molar-refractivity contribution in [2.45, 2.75) is 26.2 Å². The number of nitrogens with zero attached hydrogens (tertiary/aromatic N) is 1. The van der Waals surface area contributed by atoms with E-state index < -0.39 is 0 Å². The molecule has 1 heterocycles. The topological polar surface area (TPSA) is 4.93 Å². The Hall–Kier alpha value is -3.32.